The van der Waals surface area contributed by atoms with E-state index in [1.807, 2.05) is 32.0 Å². The van der Waals surface area contributed by atoms with Gasteiger partial charge in [0.05, 0.1) is 11.5 Å². The molecule has 0 unspecified atom stereocenters. The standard InChI is InChI=1S/C21H20N4O4/c1-13-8-14(2)10-16(9-13)21(26)24(17-6-7-17)12-19-22-23-20(29-19)15-4-3-5-18(11-15)25(27)28/h3-5,8-11,17H,6-7,12H2,1-2H3. The molecule has 0 aliphatic heterocycles. The predicted molar refractivity (Wildman–Crippen MR) is 105 cm³/mol. The number of nitrogens with zero attached hydrogens (tertiary/aromatic N) is 4. The van der Waals surface area contributed by atoms with E-state index in [1.54, 1.807) is 17.0 Å². The van der Waals surface area contributed by atoms with E-state index in [2.05, 4.69) is 10.2 Å². The minimum absolute atomic E-state index is 0.0492. The molecule has 1 heterocycles. The topological polar surface area (TPSA) is 102 Å². The average molecular weight is 392 g/mol. The number of aromatic nitrogens is 2. The van der Waals surface area contributed by atoms with Crippen LogP contribution in [0.15, 0.2) is 46.9 Å². The van der Waals surface area contributed by atoms with Gasteiger partial charge in [0.25, 0.3) is 11.6 Å². The van der Waals surface area contributed by atoms with Crippen LogP contribution >= 0.6 is 0 Å². The van der Waals surface area contributed by atoms with Crippen molar-refractivity contribution in [1.29, 1.82) is 0 Å². The second kappa shape index (κ2) is 7.46. The first kappa shape index (κ1) is 18.8. The summed E-state index contributed by atoms with van der Waals surface area (Å²) in [5.74, 6) is 0.434. The number of hydrogen-bond donors (Lipinski definition) is 0. The van der Waals surface area contributed by atoms with Gasteiger partial charge in [-0.15, -0.1) is 10.2 Å². The molecule has 1 aliphatic carbocycles. The van der Waals surface area contributed by atoms with Crippen molar-refractivity contribution in [3.63, 3.8) is 0 Å². The number of carbonyl (C=O) groups is 1. The molecule has 0 bridgehead atoms. The van der Waals surface area contributed by atoms with Crippen LogP contribution in [-0.4, -0.2) is 32.0 Å². The third kappa shape index (κ3) is 4.16. The lowest BCUT2D eigenvalue weighted by Crippen LogP contribution is -2.32. The van der Waals surface area contributed by atoms with Gasteiger partial charge in [0.2, 0.25) is 11.8 Å². The molecule has 4 rings (SSSR count). The highest BCUT2D eigenvalue weighted by atomic mass is 16.6. The molecule has 1 saturated carbocycles. The number of nitro groups is 1. The Balaban J connectivity index is 1.56. The van der Waals surface area contributed by atoms with Crippen molar-refractivity contribution in [2.75, 3.05) is 0 Å². The number of non-ortho nitro benzene ring substituents is 1. The summed E-state index contributed by atoms with van der Waals surface area (Å²) in [6.07, 6.45) is 1.89. The fraction of sp³-hybridized carbons (Fsp3) is 0.286. The maximum Gasteiger partial charge on any atom is 0.270 e. The Hall–Kier alpha value is -3.55. The van der Waals surface area contributed by atoms with Crippen molar-refractivity contribution < 1.29 is 14.1 Å². The number of nitro benzene ring substituents is 1. The van der Waals surface area contributed by atoms with Crippen LogP contribution < -0.4 is 0 Å². The fourth-order valence-corrected chi connectivity index (χ4v) is 3.35. The molecule has 1 aliphatic rings. The van der Waals surface area contributed by atoms with Crippen molar-refractivity contribution >= 4 is 11.6 Å². The second-order valence-corrected chi connectivity index (χ2v) is 7.35. The van der Waals surface area contributed by atoms with E-state index in [1.165, 1.54) is 12.1 Å². The molecule has 0 atom stereocenters. The Morgan fingerprint density at radius 3 is 2.55 bits per heavy atom. The Morgan fingerprint density at radius 1 is 1.17 bits per heavy atom. The molecule has 0 radical (unpaired) electrons. The lowest BCUT2D eigenvalue weighted by molar-refractivity contribution is -0.384. The molecule has 8 nitrogen and oxygen atoms in total. The molecule has 148 valence electrons. The van der Waals surface area contributed by atoms with Crippen molar-refractivity contribution in [2.45, 2.75) is 39.3 Å². The van der Waals surface area contributed by atoms with E-state index < -0.39 is 4.92 Å². The van der Waals surface area contributed by atoms with E-state index in [9.17, 15) is 14.9 Å². The number of hydrogen-bond acceptors (Lipinski definition) is 6. The molecular formula is C21H20N4O4. The number of rotatable bonds is 6. The Labute approximate surface area is 167 Å². The highest BCUT2D eigenvalue weighted by molar-refractivity contribution is 5.95. The summed E-state index contributed by atoms with van der Waals surface area (Å²) >= 11 is 0. The molecule has 0 spiro atoms. The fourth-order valence-electron chi connectivity index (χ4n) is 3.35. The highest BCUT2D eigenvalue weighted by Gasteiger charge is 2.34. The van der Waals surface area contributed by atoms with Crippen molar-refractivity contribution in [3.8, 4) is 11.5 Å². The smallest absolute Gasteiger partial charge is 0.270 e. The van der Waals surface area contributed by atoms with Crippen molar-refractivity contribution in [2.24, 2.45) is 0 Å². The van der Waals surface area contributed by atoms with Gasteiger partial charge in [-0.25, -0.2) is 0 Å². The summed E-state index contributed by atoms with van der Waals surface area (Å²) in [5.41, 5.74) is 3.14. The molecule has 8 heteroatoms. The third-order valence-electron chi connectivity index (χ3n) is 4.79. The maximum absolute atomic E-state index is 13.1. The van der Waals surface area contributed by atoms with Crippen molar-refractivity contribution in [3.05, 3.63) is 75.2 Å². The Morgan fingerprint density at radius 2 is 1.90 bits per heavy atom. The average Bonchev–Trinajstić information content (AvgIpc) is 3.42. The predicted octanol–water partition coefficient (Wildman–Crippen LogP) is 4.07. The largest absolute Gasteiger partial charge is 0.419 e. The third-order valence-corrected chi connectivity index (χ3v) is 4.79. The van der Waals surface area contributed by atoms with E-state index in [0.29, 0.717) is 17.0 Å². The monoisotopic (exact) mass is 392 g/mol. The first-order chi connectivity index (χ1) is 13.9. The second-order valence-electron chi connectivity index (χ2n) is 7.35. The highest BCUT2D eigenvalue weighted by Crippen LogP contribution is 2.31. The Kier molecular flexibility index (Phi) is 4.84. The quantitative estimate of drug-likeness (QED) is 0.463. The van der Waals surface area contributed by atoms with Crippen LogP contribution in [0.1, 0.15) is 40.2 Å². The van der Waals surface area contributed by atoms with Crippen LogP contribution in [0.4, 0.5) is 5.69 Å². The lowest BCUT2D eigenvalue weighted by atomic mass is 10.1. The molecule has 0 saturated heterocycles. The normalized spacial score (nSPS) is 13.3. The molecule has 1 fully saturated rings. The van der Waals surface area contributed by atoms with Crippen LogP contribution in [0.25, 0.3) is 11.5 Å². The summed E-state index contributed by atoms with van der Waals surface area (Å²) in [4.78, 5) is 25.4. The number of benzene rings is 2. The zero-order chi connectivity index (χ0) is 20.5. The SMILES string of the molecule is Cc1cc(C)cc(C(=O)N(Cc2nnc(-c3cccc([N+](=O)[O-])c3)o2)C2CC2)c1. The van der Waals surface area contributed by atoms with E-state index in [0.717, 1.165) is 24.0 Å². The van der Waals surface area contributed by atoms with Gasteiger partial charge in [-0.3, -0.25) is 14.9 Å². The molecular weight excluding hydrogens is 372 g/mol. The zero-order valence-electron chi connectivity index (χ0n) is 16.2. The minimum Gasteiger partial charge on any atom is -0.419 e. The molecule has 2 aromatic carbocycles. The molecule has 1 aromatic heterocycles. The summed E-state index contributed by atoms with van der Waals surface area (Å²) in [7, 11) is 0. The van der Waals surface area contributed by atoms with E-state index in [-0.39, 0.29) is 30.1 Å². The maximum atomic E-state index is 13.1. The van der Waals surface area contributed by atoms with Gasteiger partial charge in [0.15, 0.2) is 0 Å². The summed E-state index contributed by atoms with van der Waals surface area (Å²) in [6.45, 7) is 4.14. The van der Waals surface area contributed by atoms with Gasteiger partial charge >= 0.3 is 0 Å². The molecule has 3 aromatic rings. The number of amides is 1. The number of carbonyl (C=O) groups excluding carboxylic acids is 1. The van der Waals surface area contributed by atoms with Crippen LogP contribution in [0.5, 0.6) is 0 Å². The van der Waals surface area contributed by atoms with Crippen LogP contribution in [0, 0.1) is 24.0 Å². The van der Waals surface area contributed by atoms with E-state index >= 15 is 0 Å². The van der Waals surface area contributed by atoms with Gasteiger partial charge < -0.3 is 9.32 Å². The molecule has 0 N–H and O–H groups in total. The first-order valence-corrected chi connectivity index (χ1v) is 9.37. The summed E-state index contributed by atoms with van der Waals surface area (Å²) in [5, 5.41) is 19.0. The first-order valence-electron chi connectivity index (χ1n) is 9.37. The molecule has 29 heavy (non-hydrogen) atoms. The van der Waals surface area contributed by atoms with Crippen molar-refractivity contribution in [1.82, 2.24) is 15.1 Å². The van der Waals surface area contributed by atoms with Crippen LogP contribution in [-0.2, 0) is 6.54 Å². The minimum atomic E-state index is -0.474. The van der Waals surface area contributed by atoms with Gasteiger partial charge in [-0.05, 0) is 44.9 Å². The van der Waals surface area contributed by atoms with Gasteiger partial charge in [0, 0.05) is 29.3 Å². The summed E-state index contributed by atoms with van der Waals surface area (Å²) in [6, 6.07) is 12.0. The van der Waals surface area contributed by atoms with Gasteiger partial charge in [-0.1, -0.05) is 23.3 Å². The van der Waals surface area contributed by atoms with Gasteiger partial charge in [0.1, 0.15) is 0 Å². The van der Waals surface area contributed by atoms with Crippen LogP contribution in [0.2, 0.25) is 0 Å². The molecule has 1 amide bonds. The Bertz CT molecular complexity index is 1070. The van der Waals surface area contributed by atoms with E-state index in [4.69, 9.17) is 4.42 Å². The van der Waals surface area contributed by atoms with Crippen LogP contribution in [0.3, 0.4) is 0 Å². The number of aryl methyl sites for hydroxylation is 2. The zero-order valence-corrected chi connectivity index (χ0v) is 16.2. The summed E-state index contributed by atoms with van der Waals surface area (Å²) < 4.78 is 5.71. The lowest BCUT2D eigenvalue weighted by Gasteiger charge is -2.21. The van der Waals surface area contributed by atoms with Gasteiger partial charge in [-0.2, -0.15) is 0 Å².